The van der Waals surface area contributed by atoms with E-state index in [-0.39, 0.29) is 11.4 Å². The number of nitrogens with zero attached hydrogens (tertiary/aromatic N) is 3. The first-order valence-corrected chi connectivity index (χ1v) is 6.70. The molecule has 96 valence electrons. The van der Waals surface area contributed by atoms with E-state index in [0.717, 1.165) is 4.31 Å². The fraction of sp³-hybridized carbons (Fsp3) is 0. The van der Waals surface area contributed by atoms with Crippen LogP contribution in [-0.4, -0.2) is 13.0 Å². The van der Waals surface area contributed by atoms with Crippen LogP contribution >= 0.6 is 0 Å². The third-order valence-electron chi connectivity index (χ3n) is 2.42. The SMILES string of the molecule is N#[N+]c1ccc(N(c2ccccc2)S(=O)(=O)O)cc1. The Morgan fingerprint density at radius 1 is 0.947 bits per heavy atom. The molecule has 2 aromatic carbocycles. The second-order valence-corrected chi connectivity index (χ2v) is 4.95. The molecule has 0 fully saturated rings. The summed E-state index contributed by atoms with van der Waals surface area (Å²) in [5, 5.41) is 8.59. The van der Waals surface area contributed by atoms with Crippen LogP contribution in [0.4, 0.5) is 17.1 Å². The Bertz CT molecular complexity index is 706. The first-order valence-electron chi connectivity index (χ1n) is 5.30. The Morgan fingerprint density at radius 3 is 1.95 bits per heavy atom. The standard InChI is InChI=1S/C12H9N3O3S/c13-14-10-6-8-12(9-7-10)15(19(16,17)18)11-4-2-1-3-5-11/h1-9H/p+1. The maximum absolute atomic E-state index is 11.5. The minimum absolute atomic E-state index is 0.237. The van der Waals surface area contributed by atoms with E-state index >= 15 is 0 Å². The molecule has 0 aliphatic carbocycles. The van der Waals surface area contributed by atoms with E-state index in [1.165, 1.54) is 24.3 Å². The van der Waals surface area contributed by atoms with Crippen LogP contribution in [0.25, 0.3) is 4.98 Å². The Labute approximate surface area is 110 Å². The van der Waals surface area contributed by atoms with Gasteiger partial charge in [-0.1, -0.05) is 18.2 Å². The summed E-state index contributed by atoms with van der Waals surface area (Å²) in [7, 11) is -4.45. The Morgan fingerprint density at radius 2 is 1.47 bits per heavy atom. The zero-order valence-corrected chi connectivity index (χ0v) is 10.5. The molecule has 0 amide bonds. The van der Waals surface area contributed by atoms with Gasteiger partial charge in [-0.25, -0.2) is 4.31 Å². The maximum Gasteiger partial charge on any atom is 0.385 e. The molecule has 0 spiro atoms. The van der Waals surface area contributed by atoms with Crippen LogP contribution in [-0.2, 0) is 10.3 Å². The number of diazo groups is 1. The lowest BCUT2D eigenvalue weighted by Gasteiger charge is -2.20. The lowest BCUT2D eigenvalue weighted by atomic mass is 10.2. The molecule has 0 unspecified atom stereocenters. The van der Waals surface area contributed by atoms with Gasteiger partial charge in [0.15, 0.2) is 4.98 Å². The summed E-state index contributed by atoms with van der Waals surface area (Å²) in [6.07, 6.45) is 0. The van der Waals surface area contributed by atoms with Gasteiger partial charge in [0.25, 0.3) is 0 Å². The fourth-order valence-corrected chi connectivity index (χ4v) is 2.41. The first kappa shape index (κ1) is 13.0. The third-order valence-corrected chi connectivity index (χ3v) is 3.30. The van der Waals surface area contributed by atoms with E-state index in [1.54, 1.807) is 30.3 Å². The molecule has 0 aromatic heterocycles. The van der Waals surface area contributed by atoms with E-state index < -0.39 is 10.3 Å². The highest BCUT2D eigenvalue weighted by Crippen LogP contribution is 2.29. The minimum Gasteiger partial charge on any atom is -0.269 e. The number of rotatable bonds is 3. The van der Waals surface area contributed by atoms with Crippen molar-refractivity contribution in [1.29, 1.82) is 5.39 Å². The number of anilines is 2. The fourth-order valence-electron chi connectivity index (χ4n) is 1.63. The van der Waals surface area contributed by atoms with Gasteiger partial charge >= 0.3 is 16.0 Å². The van der Waals surface area contributed by atoms with E-state index in [1.807, 2.05) is 0 Å². The molecule has 19 heavy (non-hydrogen) atoms. The minimum atomic E-state index is -4.45. The molecule has 2 rings (SSSR count). The molecule has 0 atom stereocenters. The van der Waals surface area contributed by atoms with Crippen LogP contribution in [0.5, 0.6) is 0 Å². The summed E-state index contributed by atoms with van der Waals surface area (Å²) in [6.45, 7) is 0. The molecule has 0 bridgehead atoms. The highest BCUT2D eigenvalue weighted by Gasteiger charge is 2.22. The van der Waals surface area contributed by atoms with Crippen LogP contribution in [0, 0.1) is 5.39 Å². The summed E-state index contributed by atoms with van der Waals surface area (Å²) in [5.74, 6) is 0. The lowest BCUT2D eigenvalue weighted by Crippen LogP contribution is -2.24. The zero-order chi connectivity index (χ0) is 13.9. The van der Waals surface area contributed by atoms with E-state index in [2.05, 4.69) is 4.98 Å². The van der Waals surface area contributed by atoms with Crippen molar-refractivity contribution in [2.75, 3.05) is 4.31 Å². The summed E-state index contributed by atoms with van der Waals surface area (Å²) in [5.41, 5.74) is 0.826. The van der Waals surface area contributed by atoms with Gasteiger partial charge in [-0.2, -0.15) is 8.42 Å². The van der Waals surface area contributed by atoms with E-state index in [9.17, 15) is 13.0 Å². The first-order chi connectivity index (χ1) is 9.02. The van der Waals surface area contributed by atoms with Gasteiger partial charge in [0.05, 0.1) is 11.4 Å². The van der Waals surface area contributed by atoms with Gasteiger partial charge < -0.3 is 0 Å². The molecule has 0 aliphatic rings. The van der Waals surface area contributed by atoms with E-state index in [4.69, 9.17) is 5.39 Å². The molecular formula is C12H10N3O3S+. The quantitative estimate of drug-likeness (QED) is 0.689. The molecule has 2 aromatic rings. The number of hydrogen-bond acceptors (Lipinski definition) is 3. The molecule has 0 heterocycles. The van der Waals surface area contributed by atoms with Crippen LogP contribution in [0.1, 0.15) is 0 Å². The van der Waals surface area contributed by atoms with Crippen molar-refractivity contribution in [3.63, 3.8) is 0 Å². The van der Waals surface area contributed by atoms with Crippen LogP contribution in [0.3, 0.4) is 0 Å². The molecule has 7 heteroatoms. The number of benzene rings is 2. The molecule has 6 nitrogen and oxygen atoms in total. The Kier molecular flexibility index (Phi) is 3.46. The summed E-state index contributed by atoms with van der Waals surface area (Å²) in [6, 6.07) is 13.9. The highest BCUT2D eigenvalue weighted by atomic mass is 32.2. The van der Waals surface area contributed by atoms with Crippen molar-refractivity contribution in [1.82, 2.24) is 0 Å². The monoisotopic (exact) mass is 276 g/mol. The normalized spacial score (nSPS) is 10.7. The molecule has 0 radical (unpaired) electrons. The topological polar surface area (TPSA) is 85.8 Å². The smallest absolute Gasteiger partial charge is 0.269 e. The highest BCUT2D eigenvalue weighted by molar-refractivity contribution is 7.87. The van der Waals surface area contributed by atoms with Crippen LogP contribution in [0.15, 0.2) is 54.6 Å². The zero-order valence-electron chi connectivity index (χ0n) is 9.71. The maximum atomic E-state index is 11.5. The predicted molar refractivity (Wildman–Crippen MR) is 71.3 cm³/mol. The molecule has 1 N–H and O–H groups in total. The number of hydrogen-bond donors (Lipinski definition) is 1. The predicted octanol–water partition coefficient (Wildman–Crippen LogP) is 3.11. The lowest BCUT2D eigenvalue weighted by molar-refractivity contribution is 0.483. The molecular weight excluding hydrogens is 266 g/mol. The average molecular weight is 276 g/mol. The Hall–Kier alpha value is -2.43. The number of para-hydroxylation sites is 1. The largest absolute Gasteiger partial charge is 0.385 e. The second-order valence-electron chi connectivity index (χ2n) is 3.69. The van der Waals surface area contributed by atoms with Gasteiger partial charge in [-0.15, -0.1) is 0 Å². The van der Waals surface area contributed by atoms with Gasteiger partial charge in [-0.05, 0) is 24.3 Å². The van der Waals surface area contributed by atoms with Crippen molar-refractivity contribution in [3.05, 3.63) is 59.6 Å². The van der Waals surface area contributed by atoms with Crippen molar-refractivity contribution in [3.8, 4) is 0 Å². The second kappa shape index (κ2) is 5.06. The van der Waals surface area contributed by atoms with Crippen molar-refractivity contribution in [2.45, 2.75) is 0 Å². The van der Waals surface area contributed by atoms with Crippen molar-refractivity contribution in [2.24, 2.45) is 0 Å². The van der Waals surface area contributed by atoms with E-state index in [0.29, 0.717) is 5.69 Å². The summed E-state index contributed by atoms with van der Waals surface area (Å²) >= 11 is 0. The van der Waals surface area contributed by atoms with Crippen molar-refractivity contribution < 1.29 is 13.0 Å². The molecule has 0 saturated carbocycles. The molecule has 0 aliphatic heterocycles. The van der Waals surface area contributed by atoms with Gasteiger partial charge in [0.1, 0.15) is 0 Å². The Balaban J connectivity index is 2.54. The summed E-state index contributed by atoms with van der Waals surface area (Å²) in [4.78, 5) is 2.98. The van der Waals surface area contributed by atoms with Crippen LogP contribution in [0.2, 0.25) is 0 Å². The van der Waals surface area contributed by atoms with Gasteiger partial charge in [0, 0.05) is 12.1 Å². The van der Waals surface area contributed by atoms with Gasteiger partial charge in [0.2, 0.25) is 5.39 Å². The third kappa shape index (κ3) is 2.88. The van der Waals surface area contributed by atoms with Crippen molar-refractivity contribution >= 4 is 27.4 Å². The van der Waals surface area contributed by atoms with Gasteiger partial charge in [-0.3, -0.25) is 4.55 Å². The average Bonchev–Trinajstić information content (AvgIpc) is 2.39. The molecule has 0 saturated heterocycles. The summed E-state index contributed by atoms with van der Waals surface area (Å²) < 4.78 is 33.1. The van der Waals surface area contributed by atoms with Crippen LogP contribution < -0.4 is 4.31 Å².